The Hall–Kier alpha value is -6.44. The summed E-state index contributed by atoms with van der Waals surface area (Å²) in [5, 5.41) is 9.80. The number of furan rings is 1. The first-order valence-electron chi connectivity index (χ1n) is 16.8. The standard InChI is InChI=1S/C48H30O/c1-2-12-31(13-3-1)35-28-29-42-44(30-35)46(40-18-6-7-19-41(40)47(42)39-21-10-15-32-14-4-5-16-36(32)39)34-26-24-33(25-27-34)37-20-11-22-43-38-17-8-9-23-45(38)49-48(37)43/h1-30H. The molecule has 228 valence electrons. The largest absolute Gasteiger partial charge is 0.455 e. The summed E-state index contributed by atoms with van der Waals surface area (Å²) in [5.74, 6) is 0. The topological polar surface area (TPSA) is 13.1 Å². The van der Waals surface area contributed by atoms with E-state index in [4.69, 9.17) is 4.42 Å². The lowest BCUT2D eigenvalue weighted by Gasteiger charge is -2.20. The molecule has 0 bridgehead atoms. The molecule has 0 amide bonds. The van der Waals surface area contributed by atoms with E-state index in [-0.39, 0.29) is 0 Å². The van der Waals surface area contributed by atoms with Crippen molar-refractivity contribution in [1.82, 2.24) is 0 Å². The second-order valence-electron chi connectivity index (χ2n) is 12.8. The predicted molar refractivity (Wildman–Crippen MR) is 208 cm³/mol. The molecule has 49 heavy (non-hydrogen) atoms. The third-order valence-corrected chi connectivity index (χ3v) is 10.1. The second-order valence-corrected chi connectivity index (χ2v) is 12.8. The molecule has 0 aliphatic carbocycles. The van der Waals surface area contributed by atoms with Crippen molar-refractivity contribution in [2.24, 2.45) is 0 Å². The van der Waals surface area contributed by atoms with Crippen molar-refractivity contribution in [3.8, 4) is 44.5 Å². The van der Waals surface area contributed by atoms with E-state index in [2.05, 4.69) is 170 Å². The molecule has 10 aromatic rings. The average Bonchev–Trinajstić information content (AvgIpc) is 3.56. The molecular formula is C48H30O. The minimum absolute atomic E-state index is 0.917. The molecule has 0 saturated heterocycles. The van der Waals surface area contributed by atoms with Crippen LogP contribution in [0.2, 0.25) is 0 Å². The summed E-state index contributed by atoms with van der Waals surface area (Å²) in [6.07, 6.45) is 0. The molecule has 0 aliphatic rings. The Morgan fingerprint density at radius 1 is 0.286 bits per heavy atom. The van der Waals surface area contributed by atoms with Crippen LogP contribution in [0.3, 0.4) is 0 Å². The van der Waals surface area contributed by atoms with Gasteiger partial charge >= 0.3 is 0 Å². The van der Waals surface area contributed by atoms with Gasteiger partial charge in [0.15, 0.2) is 0 Å². The van der Waals surface area contributed by atoms with Gasteiger partial charge in [0, 0.05) is 16.3 Å². The van der Waals surface area contributed by atoms with Gasteiger partial charge in [0.25, 0.3) is 0 Å². The summed E-state index contributed by atoms with van der Waals surface area (Å²) < 4.78 is 6.41. The molecule has 1 heterocycles. The minimum Gasteiger partial charge on any atom is -0.455 e. The molecule has 9 aromatic carbocycles. The maximum Gasteiger partial charge on any atom is 0.143 e. The van der Waals surface area contributed by atoms with Crippen molar-refractivity contribution in [3.05, 3.63) is 182 Å². The number of para-hydroxylation sites is 2. The van der Waals surface area contributed by atoms with Crippen molar-refractivity contribution >= 4 is 54.3 Å². The molecule has 0 fully saturated rings. The van der Waals surface area contributed by atoms with Crippen LogP contribution in [0.4, 0.5) is 0 Å². The lowest BCUT2D eigenvalue weighted by molar-refractivity contribution is 0.670. The molecular weight excluding hydrogens is 593 g/mol. The minimum atomic E-state index is 0.917. The van der Waals surface area contributed by atoms with Gasteiger partial charge in [0.05, 0.1) is 0 Å². The highest BCUT2D eigenvalue weighted by Gasteiger charge is 2.19. The quantitative estimate of drug-likeness (QED) is 0.178. The van der Waals surface area contributed by atoms with Gasteiger partial charge < -0.3 is 4.42 Å². The van der Waals surface area contributed by atoms with E-state index in [1.54, 1.807) is 0 Å². The van der Waals surface area contributed by atoms with E-state index in [9.17, 15) is 0 Å². The molecule has 0 unspecified atom stereocenters. The molecule has 0 radical (unpaired) electrons. The summed E-state index contributed by atoms with van der Waals surface area (Å²) in [7, 11) is 0. The maximum absolute atomic E-state index is 6.41. The molecule has 1 aromatic heterocycles. The van der Waals surface area contributed by atoms with Crippen molar-refractivity contribution in [2.75, 3.05) is 0 Å². The number of hydrogen-bond donors (Lipinski definition) is 0. The molecule has 0 saturated carbocycles. The van der Waals surface area contributed by atoms with Crippen molar-refractivity contribution in [3.63, 3.8) is 0 Å². The van der Waals surface area contributed by atoms with Crippen LogP contribution in [-0.4, -0.2) is 0 Å². The first-order valence-corrected chi connectivity index (χ1v) is 16.8. The monoisotopic (exact) mass is 622 g/mol. The normalized spacial score (nSPS) is 11.7. The Balaban J connectivity index is 1.24. The van der Waals surface area contributed by atoms with Gasteiger partial charge in [-0.2, -0.15) is 0 Å². The van der Waals surface area contributed by atoms with Crippen molar-refractivity contribution < 1.29 is 4.42 Å². The molecule has 10 rings (SSSR count). The predicted octanol–water partition coefficient (Wildman–Crippen LogP) is 13.7. The fourth-order valence-corrected chi connectivity index (χ4v) is 7.82. The molecule has 1 nitrogen and oxygen atoms in total. The van der Waals surface area contributed by atoms with E-state index in [0.29, 0.717) is 0 Å². The van der Waals surface area contributed by atoms with Gasteiger partial charge in [0.2, 0.25) is 0 Å². The maximum atomic E-state index is 6.41. The smallest absolute Gasteiger partial charge is 0.143 e. The zero-order chi connectivity index (χ0) is 32.3. The highest BCUT2D eigenvalue weighted by atomic mass is 16.3. The summed E-state index contributed by atoms with van der Waals surface area (Å²) in [6, 6.07) is 65.8. The molecule has 1 heteroatoms. The third kappa shape index (κ3) is 4.40. The first kappa shape index (κ1) is 27.7. The SMILES string of the molecule is c1ccc(-c2ccc3c(-c4cccc5ccccc45)c4ccccc4c(-c4ccc(-c5cccc6c5oc5ccccc56)cc4)c3c2)cc1. The van der Waals surface area contributed by atoms with E-state index in [1.807, 2.05) is 12.1 Å². The number of hydrogen-bond acceptors (Lipinski definition) is 1. The summed E-state index contributed by atoms with van der Waals surface area (Å²) in [6.45, 7) is 0. The van der Waals surface area contributed by atoms with E-state index < -0.39 is 0 Å². The van der Waals surface area contributed by atoms with Gasteiger partial charge in [-0.3, -0.25) is 0 Å². The second kappa shape index (κ2) is 11.1. The van der Waals surface area contributed by atoms with Crippen LogP contribution in [-0.2, 0) is 0 Å². The summed E-state index contributed by atoms with van der Waals surface area (Å²) in [5.41, 5.74) is 11.5. The van der Waals surface area contributed by atoms with Gasteiger partial charge in [-0.1, -0.05) is 170 Å². The number of benzene rings is 9. The van der Waals surface area contributed by atoms with Crippen molar-refractivity contribution in [2.45, 2.75) is 0 Å². The summed E-state index contributed by atoms with van der Waals surface area (Å²) in [4.78, 5) is 0. The van der Waals surface area contributed by atoms with Crippen LogP contribution in [0.25, 0.3) is 98.8 Å². The van der Waals surface area contributed by atoms with Crippen LogP contribution < -0.4 is 0 Å². The third-order valence-electron chi connectivity index (χ3n) is 10.1. The first-order chi connectivity index (χ1) is 24.3. The fourth-order valence-electron chi connectivity index (χ4n) is 7.82. The zero-order valence-electron chi connectivity index (χ0n) is 26.7. The Labute approximate surface area is 284 Å². The van der Waals surface area contributed by atoms with Crippen molar-refractivity contribution in [1.29, 1.82) is 0 Å². The lowest BCUT2D eigenvalue weighted by Crippen LogP contribution is -1.92. The fraction of sp³-hybridized carbons (Fsp3) is 0. The number of rotatable bonds is 4. The van der Waals surface area contributed by atoms with Crippen LogP contribution in [0, 0.1) is 0 Å². The van der Waals surface area contributed by atoms with Gasteiger partial charge in [-0.05, 0) is 83.4 Å². The molecule has 0 aliphatic heterocycles. The highest BCUT2D eigenvalue weighted by molar-refractivity contribution is 6.24. The Morgan fingerprint density at radius 2 is 0.857 bits per heavy atom. The molecule has 0 spiro atoms. The molecule has 0 atom stereocenters. The Morgan fingerprint density at radius 3 is 1.69 bits per heavy atom. The number of fused-ring (bicyclic) bond motifs is 6. The summed E-state index contributed by atoms with van der Waals surface area (Å²) >= 11 is 0. The Bertz CT molecular complexity index is 2850. The van der Waals surface area contributed by atoms with Gasteiger partial charge in [-0.25, -0.2) is 0 Å². The molecule has 0 N–H and O–H groups in total. The lowest BCUT2D eigenvalue weighted by atomic mass is 9.83. The van der Waals surface area contributed by atoms with E-state index in [1.165, 1.54) is 65.7 Å². The highest BCUT2D eigenvalue weighted by Crippen LogP contribution is 2.46. The van der Waals surface area contributed by atoms with Crippen LogP contribution in [0.5, 0.6) is 0 Å². The van der Waals surface area contributed by atoms with Crippen LogP contribution >= 0.6 is 0 Å². The van der Waals surface area contributed by atoms with Crippen LogP contribution in [0.15, 0.2) is 186 Å². The van der Waals surface area contributed by atoms with E-state index in [0.717, 1.165) is 33.1 Å². The zero-order valence-corrected chi connectivity index (χ0v) is 26.7. The Kier molecular flexibility index (Phi) is 6.25. The average molecular weight is 623 g/mol. The van der Waals surface area contributed by atoms with Crippen LogP contribution in [0.1, 0.15) is 0 Å². The van der Waals surface area contributed by atoms with Gasteiger partial charge in [-0.15, -0.1) is 0 Å². The van der Waals surface area contributed by atoms with Gasteiger partial charge in [0.1, 0.15) is 11.2 Å². The van der Waals surface area contributed by atoms with E-state index >= 15 is 0 Å².